The van der Waals surface area contributed by atoms with Crippen LogP contribution in [0.25, 0.3) is 0 Å². The van der Waals surface area contributed by atoms with E-state index >= 15 is 0 Å². The highest BCUT2D eigenvalue weighted by atomic mass is 79.9. The normalized spacial score (nSPS) is 21.2. The molecule has 2 rings (SSSR count). The predicted octanol–water partition coefficient (Wildman–Crippen LogP) is 3.58. The summed E-state index contributed by atoms with van der Waals surface area (Å²) in [4.78, 5) is 2.53. The zero-order valence-electron chi connectivity index (χ0n) is 11.5. The van der Waals surface area contributed by atoms with Crippen LogP contribution in [-0.4, -0.2) is 25.7 Å². The Morgan fingerprint density at radius 3 is 2.89 bits per heavy atom. The van der Waals surface area contributed by atoms with Crippen LogP contribution in [0.15, 0.2) is 22.7 Å². The van der Waals surface area contributed by atoms with Crippen LogP contribution in [0.1, 0.15) is 25.8 Å². The topological polar surface area (TPSA) is 15.3 Å². The monoisotopic (exact) mass is 310 g/mol. The Bertz CT molecular complexity index is 403. The predicted molar refractivity (Wildman–Crippen MR) is 82.3 cm³/mol. The SMILES string of the molecule is Cc1ccc(Br)cc1N1CCCNC(C(C)C)C1. The molecule has 0 spiro atoms. The number of nitrogens with zero attached hydrogens (tertiary/aromatic N) is 1. The summed E-state index contributed by atoms with van der Waals surface area (Å²) in [5.74, 6) is 0.679. The largest absolute Gasteiger partial charge is 0.370 e. The molecule has 0 radical (unpaired) electrons. The summed E-state index contributed by atoms with van der Waals surface area (Å²) in [6, 6.07) is 7.15. The van der Waals surface area contributed by atoms with Crippen LogP contribution in [0.4, 0.5) is 5.69 Å². The minimum atomic E-state index is 0.589. The molecule has 100 valence electrons. The van der Waals surface area contributed by atoms with Crippen LogP contribution in [0.2, 0.25) is 0 Å². The molecule has 0 aromatic heterocycles. The van der Waals surface area contributed by atoms with Crippen molar-refractivity contribution in [3.8, 4) is 0 Å². The maximum absolute atomic E-state index is 3.66. The van der Waals surface area contributed by atoms with Crippen molar-refractivity contribution in [3.63, 3.8) is 0 Å². The molecule has 1 heterocycles. The Balaban J connectivity index is 2.22. The summed E-state index contributed by atoms with van der Waals surface area (Å²) < 4.78 is 1.17. The van der Waals surface area contributed by atoms with E-state index in [4.69, 9.17) is 0 Å². The highest BCUT2D eigenvalue weighted by Gasteiger charge is 2.21. The van der Waals surface area contributed by atoms with E-state index in [1.165, 1.54) is 22.1 Å². The average Bonchev–Trinajstić information content (AvgIpc) is 2.58. The van der Waals surface area contributed by atoms with Crippen molar-refractivity contribution < 1.29 is 0 Å². The van der Waals surface area contributed by atoms with Gasteiger partial charge in [0.2, 0.25) is 0 Å². The molecule has 1 aliphatic heterocycles. The van der Waals surface area contributed by atoms with Gasteiger partial charge >= 0.3 is 0 Å². The third-order valence-corrected chi connectivity index (χ3v) is 4.24. The standard InChI is InChI=1S/C15H23BrN2/c1-11(2)14-10-18(8-4-7-17-14)15-9-13(16)6-5-12(15)3/h5-6,9,11,14,17H,4,7-8,10H2,1-3H3. The molecule has 1 fully saturated rings. The molecular formula is C15H23BrN2. The third kappa shape index (κ3) is 3.27. The van der Waals surface area contributed by atoms with Crippen molar-refractivity contribution in [1.82, 2.24) is 5.32 Å². The molecule has 0 aliphatic carbocycles. The van der Waals surface area contributed by atoms with Crippen LogP contribution < -0.4 is 10.2 Å². The Labute approximate surface area is 119 Å². The summed E-state index contributed by atoms with van der Waals surface area (Å²) in [5, 5.41) is 3.66. The van der Waals surface area contributed by atoms with Crippen LogP contribution in [0.5, 0.6) is 0 Å². The fourth-order valence-corrected chi connectivity index (χ4v) is 2.89. The van der Waals surface area contributed by atoms with E-state index in [0.717, 1.165) is 19.6 Å². The van der Waals surface area contributed by atoms with E-state index in [9.17, 15) is 0 Å². The van der Waals surface area contributed by atoms with Gasteiger partial charge in [-0.1, -0.05) is 35.8 Å². The first kappa shape index (κ1) is 13.9. The van der Waals surface area contributed by atoms with Crippen LogP contribution in [0, 0.1) is 12.8 Å². The van der Waals surface area contributed by atoms with Gasteiger partial charge in [0.15, 0.2) is 0 Å². The minimum absolute atomic E-state index is 0.589. The van der Waals surface area contributed by atoms with E-state index in [1.807, 2.05) is 0 Å². The van der Waals surface area contributed by atoms with Crippen molar-refractivity contribution in [2.75, 3.05) is 24.5 Å². The number of benzene rings is 1. The van der Waals surface area contributed by atoms with Crippen molar-refractivity contribution in [1.29, 1.82) is 0 Å². The summed E-state index contributed by atoms with van der Waals surface area (Å²) in [6.07, 6.45) is 1.22. The van der Waals surface area contributed by atoms with Gasteiger partial charge in [-0.2, -0.15) is 0 Å². The Hall–Kier alpha value is -0.540. The summed E-state index contributed by atoms with van der Waals surface area (Å²) in [5.41, 5.74) is 2.74. The summed E-state index contributed by atoms with van der Waals surface area (Å²) >= 11 is 3.58. The maximum Gasteiger partial charge on any atom is 0.0407 e. The Morgan fingerprint density at radius 1 is 1.39 bits per heavy atom. The first-order valence-electron chi connectivity index (χ1n) is 6.82. The smallest absolute Gasteiger partial charge is 0.0407 e. The molecule has 3 heteroatoms. The van der Waals surface area contributed by atoms with Gasteiger partial charge in [0.05, 0.1) is 0 Å². The zero-order valence-corrected chi connectivity index (χ0v) is 13.1. The van der Waals surface area contributed by atoms with E-state index in [1.54, 1.807) is 0 Å². The second-order valence-corrected chi connectivity index (χ2v) is 6.45. The number of hydrogen-bond acceptors (Lipinski definition) is 2. The van der Waals surface area contributed by atoms with Gasteiger partial charge in [-0.15, -0.1) is 0 Å². The molecule has 1 saturated heterocycles. The molecule has 1 aromatic carbocycles. The van der Waals surface area contributed by atoms with Gasteiger partial charge in [0.25, 0.3) is 0 Å². The summed E-state index contributed by atoms with van der Waals surface area (Å²) in [7, 11) is 0. The molecule has 1 atom stereocenters. The first-order chi connectivity index (χ1) is 8.58. The molecule has 1 aromatic rings. The molecule has 1 aliphatic rings. The lowest BCUT2D eigenvalue weighted by Gasteiger charge is -2.29. The number of aryl methyl sites for hydroxylation is 1. The molecule has 2 nitrogen and oxygen atoms in total. The molecule has 0 bridgehead atoms. The quantitative estimate of drug-likeness (QED) is 0.898. The summed E-state index contributed by atoms with van der Waals surface area (Å²) in [6.45, 7) is 10.2. The van der Waals surface area contributed by atoms with Crippen molar-refractivity contribution in [3.05, 3.63) is 28.2 Å². The van der Waals surface area contributed by atoms with Gasteiger partial charge in [-0.25, -0.2) is 0 Å². The van der Waals surface area contributed by atoms with Crippen LogP contribution in [0.3, 0.4) is 0 Å². The van der Waals surface area contributed by atoms with E-state index in [0.29, 0.717) is 12.0 Å². The van der Waals surface area contributed by atoms with Gasteiger partial charge in [0, 0.05) is 29.3 Å². The highest BCUT2D eigenvalue weighted by Crippen LogP contribution is 2.26. The molecular weight excluding hydrogens is 288 g/mol. The van der Waals surface area contributed by atoms with Crippen LogP contribution in [-0.2, 0) is 0 Å². The van der Waals surface area contributed by atoms with Crippen LogP contribution >= 0.6 is 15.9 Å². The van der Waals surface area contributed by atoms with E-state index < -0.39 is 0 Å². The number of anilines is 1. The lowest BCUT2D eigenvalue weighted by Crippen LogP contribution is -2.41. The number of halogens is 1. The Kier molecular flexibility index (Phi) is 4.68. The number of nitrogens with one attached hydrogen (secondary N) is 1. The van der Waals surface area contributed by atoms with E-state index in [-0.39, 0.29) is 0 Å². The lowest BCUT2D eigenvalue weighted by atomic mass is 10.0. The van der Waals surface area contributed by atoms with Gasteiger partial charge in [-0.05, 0) is 43.5 Å². The molecule has 1 unspecified atom stereocenters. The molecule has 0 amide bonds. The second kappa shape index (κ2) is 6.07. The number of hydrogen-bond donors (Lipinski definition) is 1. The van der Waals surface area contributed by atoms with Crippen molar-refractivity contribution in [2.45, 2.75) is 33.2 Å². The highest BCUT2D eigenvalue weighted by molar-refractivity contribution is 9.10. The molecule has 1 N–H and O–H groups in total. The first-order valence-corrected chi connectivity index (χ1v) is 7.61. The van der Waals surface area contributed by atoms with Gasteiger partial charge < -0.3 is 10.2 Å². The van der Waals surface area contributed by atoms with Gasteiger partial charge in [0.1, 0.15) is 0 Å². The fraction of sp³-hybridized carbons (Fsp3) is 0.600. The van der Waals surface area contributed by atoms with E-state index in [2.05, 4.69) is 65.1 Å². The zero-order chi connectivity index (χ0) is 13.1. The van der Waals surface area contributed by atoms with Gasteiger partial charge in [-0.3, -0.25) is 0 Å². The fourth-order valence-electron chi connectivity index (χ4n) is 2.54. The Morgan fingerprint density at radius 2 is 2.17 bits per heavy atom. The number of rotatable bonds is 2. The maximum atomic E-state index is 3.66. The molecule has 18 heavy (non-hydrogen) atoms. The van der Waals surface area contributed by atoms with Crippen molar-refractivity contribution >= 4 is 21.6 Å². The minimum Gasteiger partial charge on any atom is -0.370 e. The van der Waals surface area contributed by atoms with Crippen molar-refractivity contribution in [2.24, 2.45) is 5.92 Å². The molecule has 0 saturated carbocycles. The average molecular weight is 311 g/mol. The second-order valence-electron chi connectivity index (χ2n) is 5.54. The third-order valence-electron chi connectivity index (χ3n) is 3.75. The lowest BCUT2D eigenvalue weighted by molar-refractivity contribution is 0.420.